The Morgan fingerprint density at radius 1 is 0.946 bits per heavy atom. The minimum Gasteiger partial charge on any atom is -0.377 e. The molecule has 2 aliphatic heterocycles. The number of anilines is 2. The van der Waals surface area contributed by atoms with Gasteiger partial charge < -0.3 is 19.1 Å². The molecule has 0 unspecified atom stereocenters. The molecule has 0 bridgehead atoms. The van der Waals surface area contributed by atoms with Crippen molar-refractivity contribution in [3.63, 3.8) is 0 Å². The summed E-state index contributed by atoms with van der Waals surface area (Å²) in [7, 11) is 0. The highest BCUT2D eigenvalue weighted by atomic mass is 32.2. The lowest BCUT2D eigenvalue weighted by atomic mass is 10.0. The summed E-state index contributed by atoms with van der Waals surface area (Å²) in [4.78, 5) is 15.0. The highest BCUT2D eigenvalue weighted by molar-refractivity contribution is 7.96. The van der Waals surface area contributed by atoms with E-state index in [1.54, 1.807) is 11.9 Å². The minimum absolute atomic E-state index is 0.0805. The lowest BCUT2D eigenvalue weighted by molar-refractivity contribution is 0.0939. The molecule has 2 saturated heterocycles. The fourth-order valence-electron chi connectivity index (χ4n) is 5.39. The molecule has 2 fully saturated rings. The number of benzene rings is 2. The van der Waals surface area contributed by atoms with Crippen molar-refractivity contribution in [1.29, 1.82) is 0 Å². The molecular formula is C28H32N6O2S. The van der Waals surface area contributed by atoms with Crippen LogP contribution in [-0.4, -0.2) is 71.6 Å². The quantitative estimate of drug-likeness (QED) is 0.345. The summed E-state index contributed by atoms with van der Waals surface area (Å²) in [5, 5.41) is 5.21. The van der Waals surface area contributed by atoms with E-state index in [0.717, 1.165) is 78.0 Å². The first-order valence-corrected chi connectivity index (χ1v) is 14.0. The normalized spacial score (nSPS) is 19.1. The van der Waals surface area contributed by atoms with Gasteiger partial charge in [0, 0.05) is 43.7 Å². The predicted molar refractivity (Wildman–Crippen MR) is 149 cm³/mol. The highest BCUT2D eigenvalue weighted by Crippen LogP contribution is 2.37. The topological polar surface area (TPSA) is 70.8 Å². The Kier molecular flexibility index (Phi) is 6.75. The van der Waals surface area contributed by atoms with Gasteiger partial charge in [-0.1, -0.05) is 53.5 Å². The Hall–Kier alpha value is -3.14. The largest absolute Gasteiger partial charge is 0.377 e. The fraction of sp³-hybridized carbons (Fsp3) is 0.393. The SMILES string of the molecule is CSN1CCN(c2nc(N3CCOC[C@@H]3c3ccccc3)c3cc(-c4c(C)noc4C)ccc3n2)CC1. The zero-order valence-corrected chi connectivity index (χ0v) is 22.4. The van der Waals surface area contributed by atoms with Crippen LogP contribution in [0.5, 0.6) is 0 Å². The van der Waals surface area contributed by atoms with Gasteiger partial charge in [-0.05, 0) is 43.4 Å². The van der Waals surface area contributed by atoms with Crippen LogP contribution in [0.1, 0.15) is 23.1 Å². The van der Waals surface area contributed by atoms with E-state index in [1.165, 1.54) is 5.56 Å². The van der Waals surface area contributed by atoms with Crippen LogP contribution in [0, 0.1) is 13.8 Å². The van der Waals surface area contributed by atoms with Crippen molar-refractivity contribution < 1.29 is 9.26 Å². The van der Waals surface area contributed by atoms with E-state index in [4.69, 9.17) is 19.2 Å². The zero-order chi connectivity index (χ0) is 25.4. The third-order valence-electron chi connectivity index (χ3n) is 7.35. The third-order valence-corrected chi connectivity index (χ3v) is 8.23. The van der Waals surface area contributed by atoms with Crippen molar-refractivity contribution in [1.82, 2.24) is 19.4 Å². The van der Waals surface area contributed by atoms with E-state index in [-0.39, 0.29) is 6.04 Å². The lowest BCUT2D eigenvalue weighted by Crippen LogP contribution is -2.44. The second-order valence-corrected chi connectivity index (χ2v) is 10.5. The molecule has 0 saturated carbocycles. The van der Waals surface area contributed by atoms with Crippen molar-refractivity contribution in [2.24, 2.45) is 0 Å². The van der Waals surface area contributed by atoms with Crippen LogP contribution < -0.4 is 9.80 Å². The minimum atomic E-state index is 0.0805. The van der Waals surface area contributed by atoms with Gasteiger partial charge >= 0.3 is 0 Å². The third kappa shape index (κ3) is 4.67. The van der Waals surface area contributed by atoms with Crippen molar-refractivity contribution >= 4 is 34.6 Å². The molecule has 4 aromatic rings. The maximum absolute atomic E-state index is 5.96. The number of nitrogens with zero attached hydrogens (tertiary/aromatic N) is 6. The molecule has 2 aromatic heterocycles. The summed E-state index contributed by atoms with van der Waals surface area (Å²) in [5.41, 5.74) is 5.16. The van der Waals surface area contributed by atoms with Gasteiger partial charge in [-0.2, -0.15) is 4.98 Å². The van der Waals surface area contributed by atoms with Crippen LogP contribution in [0.4, 0.5) is 11.8 Å². The summed E-state index contributed by atoms with van der Waals surface area (Å²) in [6, 6.07) is 17.1. The molecule has 1 atom stereocenters. The molecule has 9 heteroatoms. The van der Waals surface area contributed by atoms with Gasteiger partial charge in [0.1, 0.15) is 11.6 Å². The number of aryl methyl sites for hydroxylation is 2. The number of ether oxygens (including phenoxy) is 1. The zero-order valence-electron chi connectivity index (χ0n) is 21.6. The van der Waals surface area contributed by atoms with Crippen LogP contribution in [0.25, 0.3) is 22.0 Å². The molecule has 2 aromatic carbocycles. The molecule has 8 nitrogen and oxygen atoms in total. The van der Waals surface area contributed by atoms with Gasteiger partial charge in [-0.15, -0.1) is 0 Å². The highest BCUT2D eigenvalue weighted by Gasteiger charge is 2.29. The van der Waals surface area contributed by atoms with E-state index in [1.807, 2.05) is 13.8 Å². The standard InChI is InChI=1S/C28H32N6O2S/c1-19-26(20(2)36-31-19)22-9-10-24-23(17-22)27(30-28(29-24)32-11-13-33(37-3)14-12-32)34-15-16-35-18-25(34)21-7-5-4-6-8-21/h4-10,17,25H,11-16,18H2,1-3H3/t25-/m1/s1. The number of morpholine rings is 1. The molecule has 6 rings (SSSR count). The monoisotopic (exact) mass is 516 g/mol. The van der Waals surface area contributed by atoms with Gasteiger partial charge in [0.05, 0.1) is 30.5 Å². The molecule has 0 aliphatic carbocycles. The smallest absolute Gasteiger partial charge is 0.227 e. The van der Waals surface area contributed by atoms with Gasteiger partial charge in [-0.25, -0.2) is 9.29 Å². The number of rotatable bonds is 5. The number of fused-ring (bicyclic) bond motifs is 1. The van der Waals surface area contributed by atoms with Crippen LogP contribution in [-0.2, 0) is 4.74 Å². The van der Waals surface area contributed by atoms with Crippen LogP contribution in [0.2, 0.25) is 0 Å². The Labute approximate surface area is 221 Å². The molecule has 0 spiro atoms. The first-order valence-electron chi connectivity index (χ1n) is 12.8. The predicted octanol–water partition coefficient (Wildman–Crippen LogP) is 4.88. The van der Waals surface area contributed by atoms with Gasteiger partial charge in [0.2, 0.25) is 5.95 Å². The van der Waals surface area contributed by atoms with Crippen LogP contribution >= 0.6 is 11.9 Å². The number of hydrogen-bond donors (Lipinski definition) is 0. The Morgan fingerprint density at radius 3 is 2.49 bits per heavy atom. The van der Waals surface area contributed by atoms with Gasteiger partial charge in [-0.3, -0.25) is 0 Å². The molecule has 37 heavy (non-hydrogen) atoms. The van der Waals surface area contributed by atoms with E-state index in [0.29, 0.717) is 13.2 Å². The molecule has 0 amide bonds. The Balaban J connectivity index is 1.49. The summed E-state index contributed by atoms with van der Waals surface area (Å²) in [5.74, 6) is 2.57. The number of hydrogen-bond acceptors (Lipinski definition) is 9. The fourth-order valence-corrected chi connectivity index (χ4v) is 5.92. The van der Waals surface area contributed by atoms with Crippen molar-refractivity contribution in [3.05, 3.63) is 65.5 Å². The van der Waals surface area contributed by atoms with E-state index >= 15 is 0 Å². The van der Waals surface area contributed by atoms with E-state index in [9.17, 15) is 0 Å². The molecule has 192 valence electrons. The van der Waals surface area contributed by atoms with E-state index < -0.39 is 0 Å². The molecule has 4 heterocycles. The lowest BCUT2D eigenvalue weighted by Gasteiger charge is -2.38. The summed E-state index contributed by atoms with van der Waals surface area (Å²) in [6.45, 7) is 9.81. The summed E-state index contributed by atoms with van der Waals surface area (Å²) in [6.07, 6.45) is 2.14. The number of piperazine rings is 1. The maximum Gasteiger partial charge on any atom is 0.227 e. The van der Waals surface area contributed by atoms with Crippen LogP contribution in [0.15, 0.2) is 53.1 Å². The van der Waals surface area contributed by atoms with Crippen molar-refractivity contribution in [3.8, 4) is 11.1 Å². The van der Waals surface area contributed by atoms with Gasteiger partial charge in [0.25, 0.3) is 0 Å². The summed E-state index contributed by atoms with van der Waals surface area (Å²) < 4.78 is 13.8. The van der Waals surface area contributed by atoms with Gasteiger partial charge in [0.15, 0.2) is 0 Å². The second-order valence-electron chi connectivity index (χ2n) is 9.57. The molecular weight excluding hydrogens is 484 g/mol. The molecule has 0 N–H and O–H groups in total. The first kappa shape index (κ1) is 24.2. The van der Waals surface area contributed by atoms with Crippen LogP contribution in [0.3, 0.4) is 0 Å². The maximum atomic E-state index is 5.96. The Bertz CT molecular complexity index is 1370. The molecule has 0 radical (unpaired) electrons. The van der Waals surface area contributed by atoms with Crippen molar-refractivity contribution in [2.45, 2.75) is 19.9 Å². The summed E-state index contributed by atoms with van der Waals surface area (Å²) >= 11 is 1.80. The molecule has 2 aliphatic rings. The number of aromatic nitrogens is 3. The first-order chi connectivity index (χ1) is 18.1. The average Bonchev–Trinajstić information content (AvgIpc) is 3.30. The Morgan fingerprint density at radius 2 is 1.76 bits per heavy atom. The van der Waals surface area contributed by atoms with E-state index in [2.05, 4.69) is 74.0 Å². The average molecular weight is 517 g/mol. The van der Waals surface area contributed by atoms with Crippen molar-refractivity contribution in [2.75, 3.05) is 62.0 Å². The second kappa shape index (κ2) is 10.3.